The fraction of sp³-hybridized carbons (Fsp3) is 0.571. The molecule has 0 aliphatic heterocycles. The summed E-state index contributed by atoms with van der Waals surface area (Å²) in [4.78, 5) is 0. The molecule has 0 aliphatic carbocycles. The Morgan fingerprint density at radius 1 is 1.39 bits per heavy atom. The van der Waals surface area contributed by atoms with Gasteiger partial charge in [0.1, 0.15) is 0 Å². The van der Waals surface area contributed by atoms with Crippen LogP contribution in [0.1, 0.15) is 25.8 Å². The monoisotopic (exact) mass is 255 g/mol. The maximum atomic E-state index is 13.9. The van der Waals surface area contributed by atoms with Gasteiger partial charge in [-0.3, -0.25) is 0 Å². The fourth-order valence-electron chi connectivity index (χ4n) is 1.90. The second-order valence-electron chi connectivity index (χ2n) is 4.82. The molecule has 0 aliphatic rings. The predicted octanol–water partition coefficient (Wildman–Crippen LogP) is 2.33. The Morgan fingerprint density at radius 3 is 2.67 bits per heavy atom. The normalized spacial score (nSPS) is 12.8. The molecule has 1 aromatic rings. The van der Waals surface area contributed by atoms with E-state index in [1.807, 2.05) is 0 Å². The first kappa shape index (κ1) is 14.9. The number of ether oxygens (including phenoxy) is 1. The standard InChI is InChI=1S/C14H22FNO2/c1-10(2)7-12(9-17)16-8-11-5-4-6-13(18-3)14(11)15/h4-6,10,12,16-17H,7-9H2,1-3H3. The lowest BCUT2D eigenvalue weighted by Crippen LogP contribution is -2.33. The Balaban J connectivity index is 2.62. The highest BCUT2D eigenvalue weighted by Crippen LogP contribution is 2.20. The van der Waals surface area contributed by atoms with Crippen LogP contribution in [-0.2, 0) is 6.54 Å². The molecule has 0 amide bonds. The van der Waals surface area contributed by atoms with E-state index in [4.69, 9.17) is 4.74 Å². The van der Waals surface area contributed by atoms with Crippen molar-refractivity contribution in [1.82, 2.24) is 5.32 Å². The van der Waals surface area contributed by atoms with Crippen LogP contribution in [0.25, 0.3) is 0 Å². The zero-order valence-electron chi connectivity index (χ0n) is 11.2. The summed E-state index contributed by atoms with van der Waals surface area (Å²) >= 11 is 0. The van der Waals surface area contributed by atoms with Crippen LogP contribution < -0.4 is 10.1 Å². The molecule has 3 nitrogen and oxygen atoms in total. The quantitative estimate of drug-likeness (QED) is 0.785. The summed E-state index contributed by atoms with van der Waals surface area (Å²) in [5, 5.41) is 12.4. The molecule has 1 unspecified atom stereocenters. The highest BCUT2D eigenvalue weighted by Gasteiger charge is 2.12. The maximum Gasteiger partial charge on any atom is 0.169 e. The first-order valence-electron chi connectivity index (χ1n) is 6.24. The van der Waals surface area contributed by atoms with E-state index in [1.54, 1.807) is 18.2 Å². The fourth-order valence-corrected chi connectivity index (χ4v) is 1.90. The minimum absolute atomic E-state index is 0.00407. The molecule has 0 saturated heterocycles. The number of halogens is 1. The van der Waals surface area contributed by atoms with Gasteiger partial charge in [0, 0.05) is 18.2 Å². The largest absolute Gasteiger partial charge is 0.494 e. The summed E-state index contributed by atoms with van der Waals surface area (Å²) in [5.41, 5.74) is 0.552. The van der Waals surface area contributed by atoms with Gasteiger partial charge in [-0.2, -0.15) is 0 Å². The smallest absolute Gasteiger partial charge is 0.169 e. The zero-order valence-corrected chi connectivity index (χ0v) is 11.2. The van der Waals surface area contributed by atoms with E-state index in [-0.39, 0.29) is 24.2 Å². The molecule has 2 N–H and O–H groups in total. The molecule has 0 heterocycles. The molecule has 1 atom stereocenters. The number of hydrogen-bond donors (Lipinski definition) is 2. The van der Waals surface area contributed by atoms with Crippen molar-refractivity contribution in [3.8, 4) is 5.75 Å². The second-order valence-corrected chi connectivity index (χ2v) is 4.82. The third-order valence-corrected chi connectivity index (χ3v) is 2.82. The number of rotatable bonds is 7. The Bertz CT molecular complexity index is 369. The number of nitrogens with one attached hydrogen (secondary N) is 1. The average molecular weight is 255 g/mol. The molecular weight excluding hydrogens is 233 g/mol. The summed E-state index contributed by atoms with van der Waals surface area (Å²) in [5.74, 6) is 0.400. The molecule has 18 heavy (non-hydrogen) atoms. The van der Waals surface area contributed by atoms with Crippen LogP contribution in [0.5, 0.6) is 5.75 Å². The number of benzene rings is 1. The van der Waals surface area contributed by atoms with Gasteiger partial charge >= 0.3 is 0 Å². The van der Waals surface area contributed by atoms with Crippen molar-refractivity contribution >= 4 is 0 Å². The average Bonchev–Trinajstić information content (AvgIpc) is 2.35. The molecule has 0 saturated carbocycles. The van der Waals surface area contributed by atoms with Crippen LogP contribution in [0.4, 0.5) is 4.39 Å². The summed E-state index contributed by atoms with van der Waals surface area (Å²) in [6, 6.07) is 5.07. The van der Waals surface area contributed by atoms with Crippen molar-refractivity contribution in [1.29, 1.82) is 0 Å². The second kappa shape index (κ2) is 7.34. The molecule has 0 bridgehead atoms. The molecule has 0 radical (unpaired) electrons. The third kappa shape index (κ3) is 4.27. The zero-order chi connectivity index (χ0) is 13.5. The molecule has 4 heteroatoms. The van der Waals surface area contributed by atoms with Crippen LogP contribution in [0.15, 0.2) is 18.2 Å². The Labute approximate surface area is 108 Å². The van der Waals surface area contributed by atoms with Crippen LogP contribution in [0.2, 0.25) is 0 Å². The van der Waals surface area contributed by atoms with Gasteiger partial charge < -0.3 is 15.2 Å². The van der Waals surface area contributed by atoms with Gasteiger partial charge in [0.15, 0.2) is 11.6 Å². The number of methoxy groups -OCH3 is 1. The Morgan fingerprint density at radius 2 is 2.11 bits per heavy atom. The highest BCUT2D eigenvalue weighted by molar-refractivity contribution is 5.30. The molecule has 0 spiro atoms. The molecule has 0 fully saturated rings. The Hall–Kier alpha value is -1.13. The third-order valence-electron chi connectivity index (χ3n) is 2.82. The van der Waals surface area contributed by atoms with Crippen molar-refractivity contribution in [2.24, 2.45) is 5.92 Å². The molecule has 102 valence electrons. The van der Waals surface area contributed by atoms with E-state index in [0.29, 0.717) is 18.0 Å². The van der Waals surface area contributed by atoms with Crippen molar-refractivity contribution in [3.63, 3.8) is 0 Å². The van der Waals surface area contributed by atoms with Crippen LogP contribution >= 0.6 is 0 Å². The number of aliphatic hydroxyl groups is 1. The molecule has 1 rings (SSSR count). The topological polar surface area (TPSA) is 41.5 Å². The van der Waals surface area contributed by atoms with Gasteiger partial charge in [0.05, 0.1) is 13.7 Å². The Kier molecular flexibility index (Phi) is 6.09. The van der Waals surface area contributed by atoms with Gasteiger partial charge in [-0.25, -0.2) is 4.39 Å². The van der Waals surface area contributed by atoms with Crippen molar-refractivity contribution in [2.45, 2.75) is 32.9 Å². The van der Waals surface area contributed by atoms with Gasteiger partial charge in [0.2, 0.25) is 0 Å². The lowest BCUT2D eigenvalue weighted by Gasteiger charge is -2.18. The molecular formula is C14H22FNO2. The van der Waals surface area contributed by atoms with Gasteiger partial charge in [-0.05, 0) is 18.4 Å². The number of hydrogen-bond acceptors (Lipinski definition) is 3. The minimum atomic E-state index is -0.339. The van der Waals surface area contributed by atoms with Crippen LogP contribution in [-0.4, -0.2) is 24.9 Å². The van der Waals surface area contributed by atoms with Gasteiger partial charge in [-0.1, -0.05) is 26.0 Å². The van der Waals surface area contributed by atoms with E-state index >= 15 is 0 Å². The first-order chi connectivity index (χ1) is 8.58. The van der Waals surface area contributed by atoms with Crippen molar-refractivity contribution < 1.29 is 14.2 Å². The summed E-state index contributed by atoms with van der Waals surface area (Å²) in [6.45, 7) is 4.64. The first-order valence-corrected chi connectivity index (χ1v) is 6.24. The van der Waals surface area contributed by atoms with Crippen molar-refractivity contribution in [2.75, 3.05) is 13.7 Å². The highest BCUT2D eigenvalue weighted by atomic mass is 19.1. The summed E-state index contributed by atoms with van der Waals surface area (Å²) < 4.78 is 18.8. The van der Waals surface area contributed by atoms with E-state index in [2.05, 4.69) is 19.2 Å². The lowest BCUT2D eigenvalue weighted by atomic mass is 10.0. The molecule has 1 aromatic carbocycles. The lowest BCUT2D eigenvalue weighted by molar-refractivity contribution is 0.223. The van der Waals surface area contributed by atoms with E-state index in [1.165, 1.54) is 7.11 Å². The minimum Gasteiger partial charge on any atom is -0.494 e. The van der Waals surface area contributed by atoms with Crippen LogP contribution in [0.3, 0.4) is 0 Å². The summed E-state index contributed by atoms with van der Waals surface area (Å²) in [7, 11) is 1.45. The number of aliphatic hydroxyl groups excluding tert-OH is 1. The van der Waals surface area contributed by atoms with E-state index in [9.17, 15) is 9.50 Å². The molecule has 0 aromatic heterocycles. The van der Waals surface area contributed by atoms with Gasteiger partial charge in [0.25, 0.3) is 0 Å². The maximum absolute atomic E-state index is 13.9. The predicted molar refractivity (Wildman–Crippen MR) is 70.1 cm³/mol. The van der Waals surface area contributed by atoms with E-state index < -0.39 is 0 Å². The SMILES string of the molecule is COc1cccc(CNC(CO)CC(C)C)c1F. The summed E-state index contributed by atoms with van der Waals surface area (Å²) in [6.07, 6.45) is 0.863. The van der Waals surface area contributed by atoms with Crippen molar-refractivity contribution in [3.05, 3.63) is 29.6 Å². The van der Waals surface area contributed by atoms with Crippen LogP contribution in [0, 0.1) is 11.7 Å². The van der Waals surface area contributed by atoms with Gasteiger partial charge in [-0.15, -0.1) is 0 Å². The van der Waals surface area contributed by atoms with E-state index in [0.717, 1.165) is 6.42 Å².